The monoisotopic (exact) mass is 366 g/mol. The fraction of sp³-hybridized carbons (Fsp3) is 0.381. The number of rotatable bonds is 3. The third-order valence-electron chi connectivity index (χ3n) is 5.20. The molecule has 4 rings (SSSR count). The molecule has 0 atom stereocenters. The van der Waals surface area contributed by atoms with Crippen molar-refractivity contribution in [3.63, 3.8) is 0 Å². The topological polar surface area (TPSA) is 39.7 Å². The van der Waals surface area contributed by atoms with E-state index in [2.05, 4.69) is 78.2 Å². The molecule has 2 heterocycles. The molecular formula is C21H26N4S. The lowest BCUT2D eigenvalue weighted by Crippen LogP contribution is -2.54. The van der Waals surface area contributed by atoms with Crippen molar-refractivity contribution in [3.8, 4) is 0 Å². The van der Waals surface area contributed by atoms with Crippen molar-refractivity contribution in [2.45, 2.75) is 24.9 Å². The molecule has 136 valence electrons. The maximum absolute atomic E-state index is 5.04. The second-order valence-electron chi connectivity index (χ2n) is 7.22. The zero-order valence-electron chi connectivity index (χ0n) is 15.5. The number of nitrogens with one attached hydrogen (secondary N) is 2. The fourth-order valence-corrected chi connectivity index (χ4v) is 4.83. The lowest BCUT2D eigenvalue weighted by Gasteiger charge is -2.43. The predicted molar refractivity (Wildman–Crippen MR) is 115 cm³/mol. The zero-order valence-corrected chi connectivity index (χ0v) is 16.3. The van der Waals surface area contributed by atoms with E-state index in [9.17, 15) is 0 Å². The van der Waals surface area contributed by atoms with Crippen LogP contribution >= 0.6 is 11.8 Å². The number of benzene rings is 2. The van der Waals surface area contributed by atoms with Gasteiger partial charge in [0.05, 0.1) is 23.5 Å². The molecule has 0 amide bonds. The standard InChI is InChI=1S/C21H26N4S/c1-25(2)17-7-5-6-16(14-17)15-22-20-21(10-12-26-13-11-21)24-19-9-4-3-8-18(19)23-20/h3-9,14,24H,10-13,15H2,1-2H3,(H,22,23). The lowest BCUT2D eigenvalue weighted by molar-refractivity contribution is 0.560. The van der Waals surface area contributed by atoms with Crippen LogP contribution in [-0.4, -0.2) is 37.0 Å². The number of anilines is 3. The quantitative estimate of drug-likeness (QED) is 0.842. The highest BCUT2D eigenvalue weighted by Gasteiger charge is 2.40. The fourth-order valence-electron chi connectivity index (χ4n) is 3.64. The average molecular weight is 367 g/mol. The van der Waals surface area contributed by atoms with Crippen LogP contribution in [-0.2, 0) is 6.54 Å². The van der Waals surface area contributed by atoms with Gasteiger partial charge in [0.15, 0.2) is 0 Å². The van der Waals surface area contributed by atoms with Gasteiger partial charge in [-0.25, -0.2) is 0 Å². The van der Waals surface area contributed by atoms with Crippen LogP contribution in [0.15, 0.2) is 53.5 Å². The minimum Gasteiger partial charge on any atom is -0.378 e. The van der Waals surface area contributed by atoms with Crippen LogP contribution in [0.3, 0.4) is 0 Å². The Morgan fingerprint density at radius 3 is 2.58 bits per heavy atom. The van der Waals surface area contributed by atoms with Gasteiger partial charge in [-0.05, 0) is 54.2 Å². The van der Waals surface area contributed by atoms with E-state index in [0.717, 1.165) is 24.4 Å². The summed E-state index contributed by atoms with van der Waals surface area (Å²) >= 11 is 2.04. The minimum absolute atomic E-state index is 0.0568. The van der Waals surface area contributed by atoms with E-state index in [1.54, 1.807) is 0 Å². The van der Waals surface area contributed by atoms with Crippen LogP contribution in [0.2, 0.25) is 0 Å². The summed E-state index contributed by atoms with van der Waals surface area (Å²) in [5.41, 5.74) is 4.71. The van der Waals surface area contributed by atoms with Crippen molar-refractivity contribution in [1.82, 2.24) is 0 Å². The molecule has 0 saturated carbocycles. The Morgan fingerprint density at radius 1 is 1.04 bits per heavy atom. The van der Waals surface area contributed by atoms with Crippen molar-refractivity contribution in [1.29, 1.82) is 0 Å². The molecule has 0 bridgehead atoms. The summed E-state index contributed by atoms with van der Waals surface area (Å²) in [6, 6.07) is 17.1. The Balaban J connectivity index is 1.64. The number of para-hydroxylation sites is 2. The van der Waals surface area contributed by atoms with Crippen LogP contribution in [0.5, 0.6) is 0 Å². The molecule has 0 radical (unpaired) electrons. The number of thioether (sulfide) groups is 1. The summed E-state index contributed by atoms with van der Waals surface area (Å²) in [6.07, 6.45) is 2.21. The summed E-state index contributed by atoms with van der Waals surface area (Å²) in [5, 5.41) is 7.45. The third kappa shape index (κ3) is 3.40. The summed E-state index contributed by atoms with van der Waals surface area (Å²) in [7, 11) is 4.15. The summed E-state index contributed by atoms with van der Waals surface area (Å²) in [6.45, 7) is 0.697. The van der Waals surface area contributed by atoms with Gasteiger partial charge in [0.25, 0.3) is 0 Å². The van der Waals surface area contributed by atoms with Gasteiger partial charge in [-0.2, -0.15) is 11.8 Å². The summed E-state index contributed by atoms with van der Waals surface area (Å²) < 4.78 is 0. The molecule has 0 unspecified atom stereocenters. The van der Waals surface area contributed by atoms with Crippen LogP contribution in [0, 0.1) is 0 Å². The first-order valence-electron chi connectivity index (χ1n) is 9.19. The van der Waals surface area contributed by atoms with Crippen molar-refractivity contribution in [3.05, 3.63) is 54.1 Å². The molecule has 4 nitrogen and oxygen atoms in total. The van der Waals surface area contributed by atoms with Gasteiger partial charge in [-0.1, -0.05) is 24.3 Å². The molecule has 1 spiro atoms. The second-order valence-corrected chi connectivity index (χ2v) is 8.44. The van der Waals surface area contributed by atoms with Crippen molar-refractivity contribution < 1.29 is 0 Å². The van der Waals surface area contributed by atoms with Gasteiger partial charge in [0.1, 0.15) is 5.84 Å². The average Bonchev–Trinajstić information content (AvgIpc) is 2.67. The number of hydrogen-bond donors (Lipinski definition) is 2. The highest BCUT2D eigenvalue weighted by atomic mass is 32.2. The number of hydrogen-bond acceptors (Lipinski definition) is 4. The van der Waals surface area contributed by atoms with Crippen LogP contribution in [0.4, 0.5) is 17.1 Å². The van der Waals surface area contributed by atoms with E-state index in [1.807, 2.05) is 11.8 Å². The first-order valence-corrected chi connectivity index (χ1v) is 10.3. The minimum atomic E-state index is -0.0568. The maximum atomic E-state index is 5.04. The van der Waals surface area contributed by atoms with Gasteiger partial charge in [-0.15, -0.1) is 0 Å². The Labute approximate surface area is 160 Å². The largest absolute Gasteiger partial charge is 0.378 e. The predicted octanol–water partition coefficient (Wildman–Crippen LogP) is 4.45. The Kier molecular flexibility index (Phi) is 4.81. The molecule has 1 saturated heterocycles. The van der Waals surface area contributed by atoms with E-state index in [4.69, 9.17) is 4.99 Å². The van der Waals surface area contributed by atoms with Gasteiger partial charge in [0.2, 0.25) is 0 Å². The zero-order chi connectivity index (χ0) is 18.0. The Morgan fingerprint density at radius 2 is 1.81 bits per heavy atom. The molecular weight excluding hydrogens is 340 g/mol. The van der Waals surface area contributed by atoms with E-state index < -0.39 is 0 Å². The van der Waals surface area contributed by atoms with Crippen molar-refractivity contribution in [2.24, 2.45) is 4.99 Å². The molecule has 5 heteroatoms. The van der Waals surface area contributed by atoms with E-state index >= 15 is 0 Å². The maximum Gasteiger partial charge on any atom is 0.127 e. The van der Waals surface area contributed by atoms with Crippen LogP contribution < -0.4 is 15.5 Å². The molecule has 2 aliphatic rings. The summed E-state index contributed by atoms with van der Waals surface area (Å²) in [5.74, 6) is 3.43. The number of fused-ring (bicyclic) bond motifs is 1. The number of amidine groups is 1. The van der Waals surface area contributed by atoms with Gasteiger partial charge in [0, 0.05) is 19.8 Å². The molecule has 26 heavy (non-hydrogen) atoms. The molecule has 2 aliphatic heterocycles. The highest BCUT2D eigenvalue weighted by Crippen LogP contribution is 2.38. The van der Waals surface area contributed by atoms with Crippen molar-refractivity contribution in [2.75, 3.05) is 41.1 Å². The van der Waals surface area contributed by atoms with Gasteiger partial charge >= 0.3 is 0 Å². The Bertz CT molecular complexity index is 809. The van der Waals surface area contributed by atoms with Crippen LogP contribution in [0.25, 0.3) is 0 Å². The molecule has 2 N–H and O–H groups in total. The second kappa shape index (κ2) is 7.23. The van der Waals surface area contributed by atoms with Gasteiger partial charge in [-0.3, -0.25) is 4.99 Å². The van der Waals surface area contributed by atoms with E-state index in [-0.39, 0.29) is 5.54 Å². The Hall–Kier alpha value is -2.14. The van der Waals surface area contributed by atoms with Crippen molar-refractivity contribution >= 4 is 34.7 Å². The molecule has 0 aliphatic carbocycles. The normalized spacial score (nSPS) is 19.5. The van der Waals surface area contributed by atoms with Crippen LogP contribution in [0.1, 0.15) is 18.4 Å². The van der Waals surface area contributed by atoms with E-state index in [0.29, 0.717) is 6.54 Å². The van der Waals surface area contributed by atoms with Gasteiger partial charge < -0.3 is 15.5 Å². The first-order chi connectivity index (χ1) is 12.7. The van der Waals surface area contributed by atoms with E-state index in [1.165, 1.54) is 28.4 Å². The number of aliphatic imine (C=N–C) groups is 1. The molecule has 2 aromatic rings. The summed E-state index contributed by atoms with van der Waals surface area (Å²) in [4.78, 5) is 7.18. The third-order valence-corrected chi connectivity index (χ3v) is 6.19. The molecule has 2 aromatic carbocycles. The molecule has 0 aromatic heterocycles. The number of nitrogens with zero attached hydrogens (tertiary/aromatic N) is 2. The molecule has 1 fully saturated rings. The lowest BCUT2D eigenvalue weighted by atomic mass is 9.87. The highest BCUT2D eigenvalue weighted by molar-refractivity contribution is 7.99. The smallest absolute Gasteiger partial charge is 0.127 e. The SMILES string of the molecule is CN(C)c1cccc(CN=C2Nc3ccccc3NC23CCSCC3)c1. The first kappa shape index (κ1) is 17.3.